The van der Waals surface area contributed by atoms with E-state index in [2.05, 4.69) is 13.8 Å². The summed E-state index contributed by atoms with van der Waals surface area (Å²) in [6.07, 6.45) is 49.6. The van der Waals surface area contributed by atoms with Crippen LogP contribution in [-0.4, -0.2) is 57.3 Å². The maximum absolute atomic E-state index is 10.3. The number of unbranched alkanes of at least 4 members (excludes halogenated alkanes) is 30. The summed E-state index contributed by atoms with van der Waals surface area (Å²) in [7, 11) is 0. The maximum Gasteiger partial charge on any atom is 0.327 e. The van der Waals surface area contributed by atoms with Crippen LogP contribution in [-0.2, 0) is 9.59 Å². The number of carbonyl (C=O) groups is 2. The number of hydrogen-bond donors (Lipinski definition) is 5. The van der Waals surface area contributed by atoms with Gasteiger partial charge in [0.25, 0.3) is 0 Å². The minimum atomic E-state index is -0.832. The summed E-state index contributed by atoms with van der Waals surface area (Å²) in [5.74, 6) is -1.66. The number of rotatable bonds is 38. The first-order valence-electron chi connectivity index (χ1n) is 22.4. The Morgan fingerprint density at radius 1 is 0.377 bits per heavy atom. The summed E-state index contributed by atoms with van der Waals surface area (Å²) >= 11 is 0. The van der Waals surface area contributed by atoms with Crippen LogP contribution >= 0.6 is 0 Å². The van der Waals surface area contributed by atoms with Crippen LogP contribution < -0.4 is 0 Å². The van der Waals surface area contributed by atoms with Crippen LogP contribution in [0.5, 0.6) is 0 Å². The van der Waals surface area contributed by atoms with Gasteiger partial charge in [-0.3, -0.25) is 0 Å². The second-order valence-electron chi connectivity index (χ2n) is 15.3. The molecule has 0 amide bonds. The highest BCUT2D eigenvalue weighted by Gasteiger charge is 2.24. The third kappa shape index (κ3) is 50.3. The summed E-state index contributed by atoms with van der Waals surface area (Å²) in [6, 6.07) is 0. The van der Waals surface area contributed by atoms with Gasteiger partial charge in [-0.05, 0) is 32.1 Å². The monoisotopic (exact) mass is 755 g/mol. The SMILES string of the molecule is CCC(CO)(CO)CO.CCCCCCCCCCCCCCCCCC=CC(=O)O.CCCCCCCCCCCCCCCCCC=CC(=O)O. The Morgan fingerprint density at radius 3 is 0.736 bits per heavy atom. The number of aliphatic hydroxyl groups is 3. The van der Waals surface area contributed by atoms with Gasteiger partial charge in [-0.1, -0.05) is 213 Å². The smallest absolute Gasteiger partial charge is 0.327 e. The molecular formula is C46H90O7. The van der Waals surface area contributed by atoms with E-state index in [9.17, 15) is 9.59 Å². The lowest BCUT2D eigenvalue weighted by Crippen LogP contribution is -2.32. The lowest BCUT2D eigenvalue weighted by molar-refractivity contribution is -0.132. The molecule has 0 saturated carbocycles. The molecule has 7 nitrogen and oxygen atoms in total. The molecule has 0 radical (unpaired) electrons. The van der Waals surface area contributed by atoms with E-state index < -0.39 is 17.4 Å². The van der Waals surface area contributed by atoms with Gasteiger partial charge in [0, 0.05) is 17.6 Å². The number of aliphatic carboxylic acids is 2. The molecule has 0 aliphatic heterocycles. The Labute approximate surface area is 328 Å². The van der Waals surface area contributed by atoms with Crippen molar-refractivity contribution < 1.29 is 35.1 Å². The number of carboxylic acids is 2. The average Bonchev–Trinajstić information content (AvgIpc) is 3.15. The second kappa shape index (κ2) is 48.3. The summed E-state index contributed by atoms with van der Waals surface area (Å²) < 4.78 is 0. The van der Waals surface area contributed by atoms with E-state index in [1.807, 2.05) is 6.92 Å². The van der Waals surface area contributed by atoms with Crippen LogP contribution in [0.15, 0.2) is 24.3 Å². The van der Waals surface area contributed by atoms with Gasteiger partial charge in [0.05, 0.1) is 19.8 Å². The average molecular weight is 755 g/mol. The van der Waals surface area contributed by atoms with Crippen LogP contribution in [0.1, 0.15) is 233 Å². The first-order chi connectivity index (χ1) is 25.8. The molecule has 0 aromatic heterocycles. The summed E-state index contributed by atoms with van der Waals surface area (Å²) in [6.45, 7) is 5.90. The molecule has 5 N–H and O–H groups in total. The second-order valence-corrected chi connectivity index (χ2v) is 15.3. The van der Waals surface area contributed by atoms with Crippen molar-refractivity contribution in [1.29, 1.82) is 0 Å². The molecule has 0 bridgehead atoms. The van der Waals surface area contributed by atoms with E-state index in [-0.39, 0.29) is 19.8 Å². The number of allylic oxidation sites excluding steroid dienone is 2. The molecule has 0 heterocycles. The fourth-order valence-corrected chi connectivity index (χ4v) is 6.12. The molecule has 0 fully saturated rings. The minimum Gasteiger partial charge on any atom is -0.478 e. The van der Waals surface area contributed by atoms with Gasteiger partial charge in [-0.15, -0.1) is 0 Å². The molecule has 316 valence electrons. The van der Waals surface area contributed by atoms with Crippen LogP contribution in [0.3, 0.4) is 0 Å². The van der Waals surface area contributed by atoms with Gasteiger partial charge in [0.1, 0.15) is 0 Å². The standard InChI is InChI=1S/2C20H38O2.C6H14O3/c2*1-2-3-4-5-6-7-8-9-10-11-12-13-14-15-16-17-18-19-20(21)22;1-2-6(3-7,4-8)5-9/h2*18-19H,2-17H2,1H3,(H,21,22);7-9H,2-5H2,1H3. The zero-order chi connectivity index (χ0) is 39.9. The van der Waals surface area contributed by atoms with E-state index in [1.54, 1.807) is 12.2 Å². The van der Waals surface area contributed by atoms with E-state index in [1.165, 1.54) is 192 Å². The number of carboxylic acid groups (broad SMARTS) is 2. The molecule has 0 aliphatic rings. The Morgan fingerprint density at radius 2 is 0.585 bits per heavy atom. The molecule has 53 heavy (non-hydrogen) atoms. The lowest BCUT2D eigenvalue weighted by Gasteiger charge is -2.24. The van der Waals surface area contributed by atoms with Crippen molar-refractivity contribution in [3.05, 3.63) is 24.3 Å². The van der Waals surface area contributed by atoms with Gasteiger partial charge < -0.3 is 25.5 Å². The predicted octanol–water partition coefficient (Wildman–Crippen LogP) is 13.1. The van der Waals surface area contributed by atoms with Crippen molar-refractivity contribution in [1.82, 2.24) is 0 Å². The number of aliphatic hydroxyl groups excluding tert-OH is 3. The number of hydrogen-bond acceptors (Lipinski definition) is 5. The van der Waals surface area contributed by atoms with Crippen molar-refractivity contribution in [2.24, 2.45) is 5.41 Å². The van der Waals surface area contributed by atoms with Crippen LogP contribution in [0.4, 0.5) is 0 Å². The van der Waals surface area contributed by atoms with Crippen molar-refractivity contribution in [3.63, 3.8) is 0 Å². The molecule has 0 saturated heterocycles. The third-order valence-corrected chi connectivity index (χ3v) is 10.2. The van der Waals surface area contributed by atoms with Gasteiger partial charge in [-0.25, -0.2) is 9.59 Å². The highest BCUT2D eigenvalue weighted by atomic mass is 16.4. The van der Waals surface area contributed by atoms with Crippen LogP contribution in [0, 0.1) is 5.41 Å². The molecule has 0 aliphatic carbocycles. The molecule has 0 unspecified atom stereocenters. The quantitative estimate of drug-likeness (QED) is 0.0313. The highest BCUT2D eigenvalue weighted by Crippen LogP contribution is 2.18. The molecular weight excluding hydrogens is 664 g/mol. The van der Waals surface area contributed by atoms with Crippen molar-refractivity contribution >= 4 is 11.9 Å². The first kappa shape index (κ1) is 55.6. The highest BCUT2D eigenvalue weighted by molar-refractivity contribution is 5.79. The Kier molecular flexibility index (Phi) is 50.7. The third-order valence-electron chi connectivity index (χ3n) is 10.2. The largest absolute Gasteiger partial charge is 0.478 e. The molecule has 0 atom stereocenters. The Hall–Kier alpha value is -1.70. The van der Waals surface area contributed by atoms with Gasteiger partial charge in [-0.2, -0.15) is 0 Å². The Balaban J connectivity index is -0.000000768. The topological polar surface area (TPSA) is 135 Å². The fraction of sp³-hybridized carbons (Fsp3) is 0.870. The van der Waals surface area contributed by atoms with E-state index >= 15 is 0 Å². The summed E-state index contributed by atoms with van der Waals surface area (Å²) in [5, 5.41) is 42.9. The van der Waals surface area contributed by atoms with E-state index in [0.29, 0.717) is 6.42 Å². The van der Waals surface area contributed by atoms with Gasteiger partial charge in [0.2, 0.25) is 0 Å². The minimum absolute atomic E-state index is 0.156. The maximum atomic E-state index is 10.3. The summed E-state index contributed by atoms with van der Waals surface area (Å²) in [4.78, 5) is 20.5. The van der Waals surface area contributed by atoms with Crippen molar-refractivity contribution in [2.75, 3.05) is 19.8 Å². The lowest BCUT2D eigenvalue weighted by atomic mass is 9.88. The van der Waals surface area contributed by atoms with Crippen molar-refractivity contribution in [3.8, 4) is 0 Å². The fourth-order valence-electron chi connectivity index (χ4n) is 6.12. The summed E-state index contributed by atoms with van der Waals surface area (Å²) in [5.41, 5.74) is -0.667. The van der Waals surface area contributed by atoms with Gasteiger partial charge >= 0.3 is 11.9 Å². The van der Waals surface area contributed by atoms with Crippen LogP contribution in [0.2, 0.25) is 0 Å². The Bertz CT molecular complexity index is 704. The first-order valence-corrected chi connectivity index (χ1v) is 22.4. The molecule has 7 heteroatoms. The van der Waals surface area contributed by atoms with Gasteiger partial charge in [0.15, 0.2) is 0 Å². The molecule has 0 spiro atoms. The van der Waals surface area contributed by atoms with Crippen LogP contribution in [0.25, 0.3) is 0 Å². The molecule has 0 aromatic rings. The molecule has 0 rings (SSSR count). The molecule has 0 aromatic carbocycles. The zero-order valence-corrected chi connectivity index (χ0v) is 35.3. The van der Waals surface area contributed by atoms with Crippen molar-refractivity contribution in [2.45, 2.75) is 233 Å². The van der Waals surface area contributed by atoms with E-state index in [4.69, 9.17) is 25.5 Å². The normalized spacial score (nSPS) is 11.4. The predicted molar refractivity (Wildman–Crippen MR) is 227 cm³/mol. The van der Waals surface area contributed by atoms with E-state index in [0.717, 1.165) is 25.7 Å². The zero-order valence-electron chi connectivity index (χ0n) is 35.3.